The molecule has 2 heterocycles. The van der Waals surface area contributed by atoms with Crippen LogP contribution in [0.1, 0.15) is 37.7 Å². The maximum atomic E-state index is 13.3. The third-order valence-electron chi connectivity index (χ3n) is 5.71. The Bertz CT molecular complexity index is 554. The number of aryl methyl sites for hydroxylation is 1. The van der Waals surface area contributed by atoms with Crippen molar-refractivity contribution in [2.75, 3.05) is 26.7 Å². The lowest BCUT2D eigenvalue weighted by Crippen LogP contribution is -2.50. The minimum atomic E-state index is -0.173. The molecule has 24 heavy (non-hydrogen) atoms. The number of nitrogens with zero attached hydrogens (tertiary/aromatic N) is 1. The summed E-state index contributed by atoms with van der Waals surface area (Å²) < 4.78 is 13.3. The maximum Gasteiger partial charge on any atom is 0.153 e. The van der Waals surface area contributed by atoms with Gasteiger partial charge in [0.25, 0.3) is 0 Å². The van der Waals surface area contributed by atoms with Crippen LogP contribution in [0, 0.1) is 17.7 Å². The smallest absolute Gasteiger partial charge is 0.153 e. The zero-order valence-electron chi connectivity index (χ0n) is 14.6. The van der Waals surface area contributed by atoms with Gasteiger partial charge in [-0.05, 0) is 88.8 Å². The number of halogens is 1. The summed E-state index contributed by atoms with van der Waals surface area (Å²) in [6, 6.07) is 6.85. The van der Waals surface area contributed by atoms with Gasteiger partial charge in [0.15, 0.2) is 5.78 Å². The standard InChI is InChI=1S/C20H29FN2O/c1-23-12-9-17(10-13-23)20(24)19-16(5-3-11-22-19)8-7-15-4-2-6-18(21)14-15/h2,4,6,14,16-17,19,22H,3,5,7-13H2,1H3. The second kappa shape index (κ2) is 8.21. The third kappa shape index (κ3) is 4.42. The zero-order valence-corrected chi connectivity index (χ0v) is 14.6. The minimum absolute atomic E-state index is 0.000662. The molecule has 0 amide bonds. The number of ketones is 1. The van der Waals surface area contributed by atoms with E-state index in [-0.39, 0.29) is 17.8 Å². The van der Waals surface area contributed by atoms with Crippen LogP contribution in [0.25, 0.3) is 0 Å². The van der Waals surface area contributed by atoms with Crippen molar-refractivity contribution in [3.63, 3.8) is 0 Å². The van der Waals surface area contributed by atoms with E-state index >= 15 is 0 Å². The number of hydrogen-bond donors (Lipinski definition) is 1. The lowest BCUT2D eigenvalue weighted by Gasteiger charge is -2.36. The highest BCUT2D eigenvalue weighted by molar-refractivity contribution is 5.86. The molecule has 1 N–H and O–H groups in total. The van der Waals surface area contributed by atoms with Crippen LogP contribution in [0.3, 0.4) is 0 Å². The van der Waals surface area contributed by atoms with E-state index in [2.05, 4.69) is 17.3 Å². The number of rotatable bonds is 5. The maximum absolute atomic E-state index is 13.3. The first-order valence-electron chi connectivity index (χ1n) is 9.33. The molecule has 2 saturated heterocycles. The molecule has 4 heteroatoms. The van der Waals surface area contributed by atoms with Crippen LogP contribution in [-0.2, 0) is 11.2 Å². The minimum Gasteiger partial charge on any atom is -0.307 e. The molecule has 0 aliphatic carbocycles. The number of carbonyl (C=O) groups is 1. The quantitative estimate of drug-likeness (QED) is 0.899. The lowest BCUT2D eigenvalue weighted by atomic mass is 9.78. The van der Waals surface area contributed by atoms with Crippen molar-refractivity contribution in [1.29, 1.82) is 0 Å². The molecule has 132 valence electrons. The Kier molecular flexibility index (Phi) is 6.01. The number of hydrogen-bond acceptors (Lipinski definition) is 3. The highest BCUT2D eigenvalue weighted by Crippen LogP contribution is 2.28. The molecule has 2 unspecified atom stereocenters. The first-order valence-corrected chi connectivity index (χ1v) is 9.33. The molecular weight excluding hydrogens is 303 g/mol. The number of carbonyl (C=O) groups excluding carboxylic acids is 1. The van der Waals surface area contributed by atoms with E-state index in [1.165, 1.54) is 6.07 Å². The second-order valence-corrected chi connectivity index (χ2v) is 7.48. The summed E-state index contributed by atoms with van der Waals surface area (Å²) in [6.45, 7) is 2.99. The normalized spacial score (nSPS) is 26.4. The Morgan fingerprint density at radius 3 is 2.83 bits per heavy atom. The molecule has 3 nitrogen and oxygen atoms in total. The van der Waals surface area contributed by atoms with Gasteiger partial charge in [-0.15, -0.1) is 0 Å². The molecule has 0 saturated carbocycles. The molecule has 0 radical (unpaired) electrons. The summed E-state index contributed by atoms with van der Waals surface area (Å²) in [5, 5.41) is 3.49. The van der Waals surface area contributed by atoms with Crippen LogP contribution in [0.4, 0.5) is 4.39 Å². The third-order valence-corrected chi connectivity index (χ3v) is 5.71. The Morgan fingerprint density at radius 1 is 1.29 bits per heavy atom. The summed E-state index contributed by atoms with van der Waals surface area (Å²) in [6.07, 6.45) is 6.02. The molecule has 2 atom stereocenters. The summed E-state index contributed by atoms with van der Waals surface area (Å²) in [5.74, 6) is 0.850. The van der Waals surface area contributed by atoms with Gasteiger partial charge in [-0.1, -0.05) is 12.1 Å². The molecule has 2 aliphatic rings. The van der Waals surface area contributed by atoms with Gasteiger partial charge in [0, 0.05) is 5.92 Å². The highest BCUT2D eigenvalue weighted by atomic mass is 19.1. The number of likely N-dealkylation sites (tertiary alicyclic amines) is 1. The van der Waals surface area contributed by atoms with Crippen LogP contribution < -0.4 is 5.32 Å². The summed E-state index contributed by atoms with van der Waals surface area (Å²) in [7, 11) is 2.13. The van der Waals surface area contributed by atoms with Crippen LogP contribution in [0.15, 0.2) is 24.3 Å². The fourth-order valence-corrected chi connectivity index (χ4v) is 4.19. The highest BCUT2D eigenvalue weighted by Gasteiger charge is 2.35. The van der Waals surface area contributed by atoms with Crippen molar-refractivity contribution < 1.29 is 9.18 Å². The zero-order chi connectivity index (χ0) is 16.9. The number of benzene rings is 1. The van der Waals surface area contributed by atoms with E-state index in [1.807, 2.05) is 6.07 Å². The van der Waals surface area contributed by atoms with E-state index in [0.29, 0.717) is 11.7 Å². The molecule has 2 aliphatic heterocycles. The average molecular weight is 332 g/mol. The number of nitrogens with one attached hydrogen (secondary N) is 1. The van der Waals surface area contributed by atoms with E-state index < -0.39 is 0 Å². The van der Waals surface area contributed by atoms with Crippen LogP contribution in [0.2, 0.25) is 0 Å². The van der Waals surface area contributed by atoms with Crippen molar-refractivity contribution >= 4 is 5.78 Å². The molecule has 3 rings (SSSR count). The Morgan fingerprint density at radius 2 is 2.08 bits per heavy atom. The van der Waals surface area contributed by atoms with Gasteiger partial charge in [0.2, 0.25) is 0 Å². The molecule has 2 fully saturated rings. The van der Waals surface area contributed by atoms with E-state index in [4.69, 9.17) is 0 Å². The molecule has 0 aromatic heterocycles. The number of Topliss-reactive ketones (excluding diaryl/α,β-unsaturated/α-hetero) is 1. The van der Waals surface area contributed by atoms with Gasteiger partial charge in [-0.25, -0.2) is 4.39 Å². The van der Waals surface area contributed by atoms with Gasteiger partial charge in [0.05, 0.1) is 6.04 Å². The van der Waals surface area contributed by atoms with E-state index in [1.54, 1.807) is 12.1 Å². The van der Waals surface area contributed by atoms with Crippen LogP contribution in [0.5, 0.6) is 0 Å². The second-order valence-electron chi connectivity index (χ2n) is 7.48. The molecule has 1 aromatic carbocycles. The Hall–Kier alpha value is -1.26. The molecular formula is C20H29FN2O. The van der Waals surface area contributed by atoms with E-state index in [9.17, 15) is 9.18 Å². The Balaban J connectivity index is 1.59. The van der Waals surface area contributed by atoms with E-state index in [0.717, 1.165) is 63.7 Å². The topological polar surface area (TPSA) is 32.3 Å². The Labute approximate surface area is 144 Å². The first kappa shape index (κ1) is 17.6. The number of piperidine rings is 2. The average Bonchev–Trinajstić information content (AvgIpc) is 2.60. The van der Waals surface area contributed by atoms with Crippen molar-refractivity contribution in [2.24, 2.45) is 11.8 Å². The monoisotopic (exact) mass is 332 g/mol. The van der Waals surface area contributed by atoms with Gasteiger partial charge < -0.3 is 10.2 Å². The van der Waals surface area contributed by atoms with Crippen molar-refractivity contribution in [3.05, 3.63) is 35.6 Å². The lowest BCUT2D eigenvalue weighted by molar-refractivity contribution is -0.128. The van der Waals surface area contributed by atoms with Crippen LogP contribution >= 0.6 is 0 Å². The van der Waals surface area contributed by atoms with Crippen molar-refractivity contribution in [2.45, 2.75) is 44.6 Å². The molecule has 0 bridgehead atoms. The largest absolute Gasteiger partial charge is 0.307 e. The predicted octanol–water partition coefficient (Wildman–Crippen LogP) is 3.04. The van der Waals surface area contributed by atoms with Crippen molar-refractivity contribution in [1.82, 2.24) is 10.2 Å². The summed E-state index contributed by atoms with van der Waals surface area (Å²) in [4.78, 5) is 15.3. The first-order chi connectivity index (χ1) is 11.6. The van der Waals surface area contributed by atoms with Crippen LogP contribution in [-0.4, -0.2) is 43.4 Å². The fraction of sp³-hybridized carbons (Fsp3) is 0.650. The van der Waals surface area contributed by atoms with Gasteiger partial charge in [-0.2, -0.15) is 0 Å². The molecule has 1 aromatic rings. The summed E-state index contributed by atoms with van der Waals surface area (Å²) >= 11 is 0. The van der Waals surface area contributed by atoms with Gasteiger partial charge >= 0.3 is 0 Å². The van der Waals surface area contributed by atoms with Crippen molar-refractivity contribution in [3.8, 4) is 0 Å². The predicted molar refractivity (Wildman–Crippen MR) is 94.5 cm³/mol. The molecule has 0 spiro atoms. The SMILES string of the molecule is CN1CCC(C(=O)C2NCCCC2CCc2cccc(F)c2)CC1. The van der Waals surface area contributed by atoms with Gasteiger partial charge in [0.1, 0.15) is 5.82 Å². The fourth-order valence-electron chi connectivity index (χ4n) is 4.19. The summed E-state index contributed by atoms with van der Waals surface area (Å²) in [5.41, 5.74) is 1.03. The van der Waals surface area contributed by atoms with Gasteiger partial charge in [-0.3, -0.25) is 4.79 Å².